The minimum Gasteiger partial charge on any atom is -0.366 e. The lowest BCUT2D eigenvalue weighted by molar-refractivity contribution is -0.156. The molecule has 0 N–H and O–H groups in total. The van der Waals surface area contributed by atoms with Crippen molar-refractivity contribution < 1.29 is 22.7 Å². The summed E-state index contributed by atoms with van der Waals surface area (Å²) in [6.07, 6.45) is -6.14. The number of halogens is 3. The van der Waals surface area contributed by atoms with Crippen LogP contribution in [0.3, 0.4) is 0 Å². The summed E-state index contributed by atoms with van der Waals surface area (Å²) in [6, 6.07) is 1.84. The third kappa shape index (κ3) is 5.75. The van der Waals surface area contributed by atoms with Gasteiger partial charge < -0.3 is 14.5 Å². The Kier molecular flexibility index (Phi) is 6.23. The van der Waals surface area contributed by atoms with Crippen molar-refractivity contribution in [1.29, 1.82) is 5.26 Å². The van der Waals surface area contributed by atoms with Crippen molar-refractivity contribution in [2.24, 2.45) is 0 Å². The molecule has 0 spiro atoms. The molecule has 114 valence electrons. The molecule has 8 heteroatoms. The first kappa shape index (κ1) is 16.7. The highest BCUT2D eigenvalue weighted by Gasteiger charge is 2.32. The van der Waals surface area contributed by atoms with Crippen molar-refractivity contribution in [2.75, 3.05) is 39.8 Å². The molecule has 1 atom stereocenters. The maximum absolute atomic E-state index is 12.3. The molecule has 0 saturated carbocycles. The molecule has 20 heavy (non-hydrogen) atoms. The number of likely N-dealkylation sites (N-methyl/N-ethyl adjacent to an activating group) is 1. The Morgan fingerprint density at radius 3 is 2.75 bits per heavy atom. The molecule has 0 aliphatic carbocycles. The largest absolute Gasteiger partial charge is 0.390 e. The van der Waals surface area contributed by atoms with Gasteiger partial charge in [-0.05, 0) is 7.05 Å². The molecule has 0 aromatic carbocycles. The van der Waals surface area contributed by atoms with E-state index in [4.69, 9.17) is 10.00 Å². The van der Waals surface area contributed by atoms with Crippen molar-refractivity contribution in [3.8, 4) is 6.07 Å². The smallest absolute Gasteiger partial charge is 0.366 e. The molecular formula is C12H18F3N3O2. The van der Waals surface area contributed by atoms with Gasteiger partial charge in [-0.1, -0.05) is 0 Å². The molecule has 1 rings (SSSR count). The highest BCUT2D eigenvalue weighted by atomic mass is 19.4. The van der Waals surface area contributed by atoms with Gasteiger partial charge in [0.15, 0.2) is 0 Å². The molecule has 1 aliphatic rings. The predicted molar refractivity (Wildman–Crippen MR) is 64.7 cm³/mol. The second-order valence-electron chi connectivity index (χ2n) is 4.72. The SMILES string of the molecule is CN1CCO[C@H](C(=O)N(CCC#N)CCC(F)(F)F)C1. The molecule has 5 nitrogen and oxygen atoms in total. The number of alkyl halides is 3. The number of carbonyl (C=O) groups is 1. The molecule has 1 aliphatic heterocycles. The molecule has 1 amide bonds. The summed E-state index contributed by atoms with van der Waals surface area (Å²) < 4.78 is 42.1. The van der Waals surface area contributed by atoms with Gasteiger partial charge in [-0.15, -0.1) is 0 Å². The van der Waals surface area contributed by atoms with E-state index in [0.29, 0.717) is 19.7 Å². The Morgan fingerprint density at radius 1 is 1.50 bits per heavy atom. The number of nitriles is 1. The quantitative estimate of drug-likeness (QED) is 0.759. The fourth-order valence-corrected chi connectivity index (χ4v) is 1.91. The van der Waals surface area contributed by atoms with Crippen LogP contribution < -0.4 is 0 Å². The number of amides is 1. The summed E-state index contributed by atoms with van der Waals surface area (Å²) in [4.78, 5) is 15.1. The third-order valence-corrected chi connectivity index (χ3v) is 3.02. The first-order chi connectivity index (χ1) is 9.33. The van der Waals surface area contributed by atoms with Gasteiger partial charge in [0.1, 0.15) is 6.10 Å². The summed E-state index contributed by atoms with van der Waals surface area (Å²) in [5.41, 5.74) is 0. The van der Waals surface area contributed by atoms with Crippen molar-refractivity contribution >= 4 is 5.91 Å². The van der Waals surface area contributed by atoms with E-state index in [9.17, 15) is 18.0 Å². The summed E-state index contributed by atoms with van der Waals surface area (Å²) in [7, 11) is 1.82. The van der Waals surface area contributed by atoms with E-state index in [2.05, 4.69) is 0 Å². The average Bonchev–Trinajstić information content (AvgIpc) is 2.37. The zero-order valence-corrected chi connectivity index (χ0v) is 11.3. The van der Waals surface area contributed by atoms with Crippen LogP contribution in [0.25, 0.3) is 0 Å². The molecule has 1 saturated heterocycles. The first-order valence-electron chi connectivity index (χ1n) is 6.36. The lowest BCUT2D eigenvalue weighted by Gasteiger charge is -2.33. The Labute approximate surface area is 115 Å². The van der Waals surface area contributed by atoms with Gasteiger partial charge in [0.05, 0.1) is 25.5 Å². The van der Waals surface area contributed by atoms with Crippen LogP contribution in [0.2, 0.25) is 0 Å². The highest BCUT2D eigenvalue weighted by molar-refractivity contribution is 5.81. The zero-order chi connectivity index (χ0) is 15.2. The van der Waals surface area contributed by atoms with Crippen LogP contribution in [0.4, 0.5) is 13.2 Å². The van der Waals surface area contributed by atoms with E-state index in [-0.39, 0.29) is 13.0 Å². The minimum atomic E-state index is -4.32. The number of hydrogen-bond acceptors (Lipinski definition) is 4. The summed E-state index contributed by atoms with van der Waals surface area (Å²) in [5.74, 6) is -0.476. The molecular weight excluding hydrogens is 275 g/mol. The number of morpholine rings is 1. The monoisotopic (exact) mass is 293 g/mol. The van der Waals surface area contributed by atoms with E-state index in [1.807, 2.05) is 18.0 Å². The average molecular weight is 293 g/mol. The molecule has 0 bridgehead atoms. The Hall–Kier alpha value is -1.33. The van der Waals surface area contributed by atoms with Crippen LogP contribution in [0.1, 0.15) is 12.8 Å². The maximum Gasteiger partial charge on any atom is 0.390 e. The topological polar surface area (TPSA) is 56.6 Å². The van der Waals surface area contributed by atoms with Gasteiger partial charge in [-0.3, -0.25) is 4.79 Å². The Morgan fingerprint density at radius 2 is 2.20 bits per heavy atom. The molecule has 0 aromatic heterocycles. The standard InChI is InChI=1S/C12H18F3N3O2/c1-17-7-8-20-10(9-17)11(19)18(5-2-4-16)6-3-12(13,14)15/h10H,2-3,5-9H2,1H3/t10-/m0/s1. The Bertz CT molecular complexity index is 368. The second kappa shape index (κ2) is 7.45. The van der Waals surface area contributed by atoms with E-state index in [1.54, 1.807) is 0 Å². The number of hydrogen-bond donors (Lipinski definition) is 0. The van der Waals surface area contributed by atoms with E-state index in [0.717, 1.165) is 4.90 Å². The van der Waals surface area contributed by atoms with E-state index >= 15 is 0 Å². The summed E-state index contributed by atoms with van der Waals surface area (Å²) >= 11 is 0. The van der Waals surface area contributed by atoms with Crippen LogP contribution in [0.15, 0.2) is 0 Å². The van der Waals surface area contributed by atoms with E-state index < -0.39 is 31.2 Å². The maximum atomic E-state index is 12.3. The van der Waals surface area contributed by atoms with Crippen LogP contribution in [-0.2, 0) is 9.53 Å². The number of ether oxygens (including phenoxy) is 1. The van der Waals surface area contributed by atoms with Gasteiger partial charge >= 0.3 is 6.18 Å². The van der Waals surface area contributed by atoms with Crippen molar-refractivity contribution in [1.82, 2.24) is 9.80 Å². The fraction of sp³-hybridized carbons (Fsp3) is 0.833. The highest BCUT2D eigenvalue weighted by Crippen LogP contribution is 2.20. The van der Waals surface area contributed by atoms with Gasteiger partial charge in [0.25, 0.3) is 5.91 Å². The van der Waals surface area contributed by atoms with Gasteiger partial charge in [-0.2, -0.15) is 18.4 Å². The van der Waals surface area contributed by atoms with Crippen molar-refractivity contribution in [3.63, 3.8) is 0 Å². The van der Waals surface area contributed by atoms with Crippen LogP contribution in [0.5, 0.6) is 0 Å². The van der Waals surface area contributed by atoms with Crippen LogP contribution in [-0.4, -0.2) is 67.8 Å². The number of rotatable bonds is 5. The Balaban J connectivity index is 2.61. The predicted octanol–water partition coefficient (Wildman–Crippen LogP) is 1.01. The number of carbonyl (C=O) groups excluding carboxylic acids is 1. The molecule has 1 fully saturated rings. The summed E-state index contributed by atoms with van der Waals surface area (Å²) in [6.45, 7) is 0.972. The molecule has 1 heterocycles. The lowest BCUT2D eigenvalue weighted by atomic mass is 10.2. The van der Waals surface area contributed by atoms with E-state index in [1.165, 1.54) is 0 Å². The van der Waals surface area contributed by atoms with Gasteiger partial charge in [0.2, 0.25) is 0 Å². The second-order valence-corrected chi connectivity index (χ2v) is 4.72. The van der Waals surface area contributed by atoms with Crippen LogP contribution >= 0.6 is 0 Å². The molecule has 0 unspecified atom stereocenters. The number of nitrogens with zero attached hydrogens (tertiary/aromatic N) is 3. The zero-order valence-electron chi connectivity index (χ0n) is 11.3. The molecule has 0 aromatic rings. The normalized spacial score (nSPS) is 20.4. The fourth-order valence-electron chi connectivity index (χ4n) is 1.91. The van der Waals surface area contributed by atoms with Crippen molar-refractivity contribution in [3.05, 3.63) is 0 Å². The minimum absolute atomic E-state index is 0.00497. The summed E-state index contributed by atoms with van der Waals surface area (Å²) in [5, 5.41) is 8.53. The van der Waals surface area contributed by atoms with Gasteiger partial charge in [0, 0.05) is 26.2 Å². The lowest BCUT2D eigenvalue weighted by Crippen LogP contribution is -2.50. The van der Waals surface area contributed by atoms with Crippen LogP contribution in [0, 0.1) is 11.3 Å². The van der Waals surface area contributed by atoms with Gasteiger partial charge in [-0.25, -0.2) is 0 Å². The third-order valence-electron chi connectivity index (χ3n) is 3.02. The van der Waals surface area contributed by atoms with Crippen molar-refractivity contribution in [2.45, 2.75) is 25.1 Å². The molecule has 0 radical (unpaired) electrons. The first-order valence-corrected chi connectivity index (χ1v) is 6.36.